The molecular formula is C51H48N3O9P. The van der Waals surface area contributed by atoms with E-state index in [1.807, 2.05) is 158 Å². The summed E-state index contributed by atoms with van der Waals surface area (Å²) in [6.07, 6.45) is -1.96. The fourth-order valence-corrected chi connectivity index (χ4v) is 9.73. The Morgan fingerprint density at radius 3 is 1.42 bits per heavy atom. The van der Waals surface area contributed by atoms with Crippen molar-refractivity contribution in [1.29, 1.82) is 0 Å². The lowest BCUT2D eigenvalue weighted by atomic mass is 9.98. The quantitative estimate of drug-likeness (QED) is 0.0330. The summed E-state index contributed by atoms with van der Waals surface area (Å²) in [7, 11) is -4.02. The Labute approximate surface area is 371 Å². The highest BCUT2D eigenvalue weighted by Gasteiger charge is 2.33. The molecule has 0 aliphatic heterocycles. The van der Waals surface area contributed by atoms with E-state index in [2.05, 4.69) is 15.6 Å². The third-order valence-electron chi connectivity index (χ3n) is 11.4. The van der Waals surface area contributed by atoms with Crippen molar-refractivity contribution in [3.8, 4) is 22.3 Å². The summed E-state index contributed by atoms with van der Waals surface area (Å²) in [4.78, 5) is 43.6. The Hall–Kier alpha value is -6.85. The number of amides is 2. The number of nitrogens with one attached hydrogen (secondary N) is 2. The maximum Gasteiger partial charge on any atom is 0.412 e. The lowest BCUT2D eigenvalue weighted by Gasteiger charge is -2.21. The molecule has 0 unspecified atom stereocenters. The number of alkyl carbamates (subject to hydrolysis) is 2. The van der Waals surface area contributed by atoms with Crippen molar-refractivity contribution in [3.05, 3.63) is 191 Å². The molecule has 0 bridgehead atoms. The van der Waals surface area contributed by atoms with Gasteiger partial charge in [-0.15, -0.1) is 0 Å². The number of carboxylic acid groups (broad SMARTS) is 1. The van der Waals surface area contributed by atoms with E-state index >= 15 is 0 Å². The summed E-state index contributed by atoms with van der Waals surface area (Å²) in [6.45, 7) is -0.0196. The maximum absolute atomic E-state index is 14.6. The van der Waals surface area contributed by atoms with Crippen molar-refractivity contribution in [2.75, 3.05) is 25.9 Å². The smallest absolute Gasteiger partial charge is 0.412 e. The minimum Gasteiger partial charge on any atom is -0.480 e. The van der Waals surface area contributed by atoms with Crippen LogP contribution in [0.25, 0.3) is 22.3 Å². The number of hydrogen-bond donors (Lipinski definition) is 3. The largest absolute Gasteiger partial charge is 0.480 e. The highest BCUT2D eigenvalue weighted by molar-refractivity contribution is 7.54. The summed E-state index contributed by atoms with van der Waals surface area (Å²) < 4.78 is 38.0. The molecule has 326 valence electrons. The molecule has 12 nitrogen and oxygen atoms in total. The van der Waals surface area contributed by atoms with Crippen LogP contribution in [0.3, 0.4) is 0 Å². The van der Waals surface area contributed by atoms with Crippen molar-refractivity contribution < 1.29 is 42.6 Å². The average Bonchev–Trinajstić information content (AvgIpc) is 3.82. The summed E-state index contributed by atoms with van der Waals surface area (Å²) in [6, 6.07) is 49.0. The molecule has 0 spiro atoms. The number of benzene rings is 6. The number of carbonyl (C=O) groups is 3. The number of carboxylic acids is 1. The van der Waals surface area contributed by atoms with E-state index in [4.69, 9.17) is 18.5 Å². The molecule has 6 aromatic carbocycles. The van der Waals surface area contributed by atoms with Gasteiger partial charge in [0.2, 0.25) is 0 Å². The average molecular weight is 878 g/mol. The summed E-state index contributed by atoms with van der Waals surface area (Å²) in [5.41, 5.74) is 9.98. The maximum atomic E-state index is 14.6. The van der Waals surface area contributed by atoms with Crippen LogP contribution in [-0.2, 0) is 41.1 Å². The third-order valence-corrected chi connectivity index (χ3v) is 13.1. The first kappa shape index (κ1) is 43.8. The van der Waals surface area contributed by atoms with Gasteiger partial charge in [0.05, 0.1) is 13.2 Å². The van der Waals surface area contributed by atoms with Crippen LogP contribution < -0.4 is 10.6 Å². The molecule has 2 aliphatic rings. The third kappa shape index (κ3) is 10.7. The zero-order valence-electron chi connectivity index (χ0n) is 35.0. The van der Waals surface area contributed by atoms with Crippen LogP contribution >= 0.6 is 7.60 Å². The minimum atomic E-state index is -4.02. The number of aliphatic imine (C=N–C) groups is 1. The molecule has 2 amide bonds. The van der Waals surface area contributed by atoms with Gasteiger partial charge in [0.1, 0.15) is 31.3 Å². The second-order valence-corrected chi connectivity index (χ2v) is 17.6. The van der Waals surface area contributed by atoms with Gasteiger partial charge in [0.15, 0.2) is 0 Å². The van der Waals surface area contributed by atoms with Crippen LogP contribution in [0.1, 0.15) is 58.1 Å². The standard InChI is InChI=1S/C51H48N3O9P/c55-49(56)47(53-50(57)60-32-45-41-24-11-7-20-37(41)38-21-8-12-25-42(38)45)28-15-29-52-48(34-64(59,62-30-35-16-3-1-4-17-35)63-31-36-18-5-2-6-19-36)54-51(58)61-33-46-43-26-13-9-22-39(43)40-23-10-14-27-44(40)46/h1-14,16-27,45-47H,15,28-34H2,(H,53,57)(H,55,56)(H,52,54,58)/t47-/m0/s1. The van der Waals surface area contributed by atoms with Crippen LogP contribution in [0.4, 0.5) is 9.59 Å². The van der Waals surface area contributed by atoms with Crippen LogP contribution in [0.2, 0.25) is 0 Å². The van der Waals surface area contributed by atoms with E-state index in [0.29, 0.717) is 0 Å². The topological polar surface area (TPSA) is 162 Å². The van der Waals surface area contributed by atoms with Gasteiger partial charge >= 0.3 is 25.8 Å². The second kappa shape index (κ2) is 20.6. The van der Waals surface area contributed by atoms with Crippen LogP contribution in [0.5, 0.6) is 0 Å². The Bertz CT molecular complexity index is 2540. The van der Waals surface area contributed by atoms with Gasteiger partial charge in [-0.2, -0.15) is 0 Å². The summed E-state index contributed by atoms with van der Waals surface area (Å²) >= 11 is 0. The molecular weight excluding hydrogens is 830 g/mol. The summed E-state index contributed by atoms with van der Waals surface area (Å²) in [5, 5.41) is 15.2. The highest BCUT2D eigenvalue weighted by atomic mass is 31.2. The number of fused-ring (bicyclic) bond motifs is 6. The Morgan fingerprint density at radius 1 is 0.578 bits per heavy atom. The first-order valence-corrected chi connectivity index (χ1v) is 22.9. The lowest BCUT2D eigenvalue weighted by Crippen LogP contribution is -2.41. The Morgan fingerprint density at radius 2 is 0.984 bits per heavy atom. The first-order chi connectivity index (χ1) is 31.2. The predicted octanol–water partition coefficient (Wildman–Crippen LogP) is 10.3. The van der Waals surface area contributed by atoms with E-state index in [-0.39, 0.29) is 63.5 Å². The zero-order chi connectivity index (χ0) is 44.3. The molecule has 0 heterocycles. The van der Waals surface area contributed by atoms with E-state index in [1.165, 1.54) is 0 Å². The SMILES string of the molecule is O=C(NC(CP(=O)(OCc1ccccc1)OCc1ccccc1)=NCCC[C@H](NC(=O)OCC1c2ccccc2-c2ccccc21)C(=O)O)OCC1c2ccccc2-c2ccccc21. The van der Waals surface area contributed by atoms with Gasteiger partial charge in [-0.25, -0.2) is 14.4 Å². The Balaban J connectivity index is 0.943. The number of nitrogens with zero attached hydrogens (tertiary/aromatic N) is 1. The van der Waals surface area contributed by atoms with E-state index in [0.717, 1.165) is 55.6 Å². The van der Waals surface area contributed by atoms with E-state index in [1.54, 1.807) is 0 Å². The number of carbonyl (C=O) groups excluding carboxylic acids is 2. The van der Waals surface area contributed by atoms with Gasteiger partial charge in [0.25, 0.3) is 0 Å². The van der Waals surface area contributed by atoms with Crippen molar-refractivity contribution in [2.45, 2.75) is 43.9 Å². The number of aliphatic carboxylic acids is 1. The monoisotopic (exact) mass is 877 g/mol. The number of ether oxygens (including phenoxy) is 2. The number of amidine groups is 1. The van der Waals surface area contributed by atoms with Crippen molar-refractivity contribution in [1.82, 2.24) is 10.6 Å². The molecule has 3 N–H and O–H groups in total. The predicted molar refractivity (Wildman–Crippen MR) is 244 cm³/mol. The minimum absolute atomic E-state index is 0.00743. The lowest BCUT2D eigenvalue weighted by molar-refractivity contribution is -0.139. The molecule has 0 radical (unpaired) electrons. The highest BCUT2D eigenvalue weighted by Crippen LogP contribution is 2.50. The van der Waals surface area contributed by atoms with Gasteiger partial charge in [-0.1, -0.05) is 158 Å². The van der Waals surface area contributed by atoms with E-state index < -0.39 is 38.0 Å². The fraction of sp³-hybridized carbons (Fsp3) is 0.216. The zero-order valence-corrected chi connectivity index (χ0v) is 35.9. The van der Waals surface area contributed by atoms with Gasteiger partial charge in [-0.05, 0) is 68.5 Å². The first-order valence-electron chi connectivity index (χ1n) is 21.2. The molecule has 0 aromatic heterocycles. The normalized spacial score (nSPS) is 13.5. The fourth-order valence-electron chi connectivity index (χ4n) is 8.24. The van der Waals surface area contributed by atoms with Crippen molar-refractivity contribution in [3.63, 3.8) is 0 Å². The van der Waals surface area contributed by atoms with Gasteiger partial charge in [-0.3, -0.25) is 14.9 Å². The summed E-state index contributed by atoms with van der Waals surface area (Å²) in [5.74, 6) is -1.67. The number of hydrogen-bond acceptors (Lipinski definition) is 9. The van der Waals surface area contributed by atoms with Crippen molar-refractivity contribution in [2.24, 2.45) is 4.99 Å². The second-order valence-electron chi connectivity index (χ2n) is 15.6. The molecule has 6 aromatic rings. The Kier molecular flexibility index (Phi) is 14.1. The number of rotatable bonds is 18. The molecule has 64 heavy (non-hydrogen) atoms. The molecule has 8 rings (SSSR count). The van der Waals surface area contributed by atoms with Crippen LogP contribution in [0, 0.1) is 0 Å². The molecule has 0 fully saturated rings. The molecule has 0 saturated heterocycles. The van der Waals surface area contributed by atoms with Gasteiger partial charge < -0.3 is 28.9 Å². The van der Waals surface area contributed by atoms with Crippen molar-refractivity contribution >= 4 is 31.6 Å². The molecule has 2 aliphatic carbocycles. The molecule has 13 heteroatoms. The van der Waals surface area contributed by atoms with E-state index in [9.17, 15) is 24.1 Å². The molecule has 0 saturated carbocycles. The van der Waals surface area contributed by atoms with Gasteiger partial charge in [0, 0.05) is 18.4 Å². The van der Waals surface area contributed by atoms with Crippen LogP contribution in [-0.4, -0.2) is 61.1 Å². The van der Waals surface area contributed by atoms with Crippen LogP contribution in [0.15, 0.2) is 163 Å². The molecule has 1 atom stereocenters.